The van der Waals surface area contributed by atoms with Crippen LogP contribution < -0.4 is 15.8 Å². The zero-order valence-corrected chi connectivity index (χ0v) is 22.1. The van der Waals surface area contributed by atoms with Gasteiger partial charge in [-0.05, 0) is 57.7 Å². The van der Waals surface area contributed by atoms with Gasteiger partial charge in [-0.2, -0.15) is 0 Å². The largest absolute Gasteiger partial charge is 0.496 e. The minimum absolute atomic E-state index is 0.0679. The molecule has 0 spiro atoms. The normalized spacial score (nSPS) is 26.9. The molecule has 1 aromatic rings. The monoisotopic (exact) mass is 522 g/mol. The van der Waals surface area contributed by atoms with E-state index in [0.29, 0.717) is 60.1 Å². The van der Waals surface area contributed by atoms with E-state index in [1.165, 1.54) is 13.2 Å². The molecule has 36 heavy (non-hydrogen) atoms. The number of morpholine rings is 1. The molecule has 4 fully saturated rings. The minimum Gasteiger partial charge on any atom is -0.496 e. The second-order valence-electron chi connectivity index (χ2n) is 10.2. The Labute approximate surface area is 218 Å². The first-order valence-electron chi connectivity index (χ1n) is 13.0. The summed E-state index contributed by atoms with van der Waals surface area (Å²) in [6.45, 7) is 7.89. The van der Waals surface area contributed by atoms with E-state index in [9.17, 15) is 9.59 Å². The Bertz CT molecular complexity index is 924. The number of ether oxygens (including phenoxy) is 3. The lowest BCUT2D eigenvalue weighted by Crippen LogP contribution is -2.52. The fourth-order valence-corrected chi connectivity index (χ4v) is 5.64. The quantitative estimate of drug-likeness (QED) is 0.357. The van der Waals surface area contributed by atoms with Crippen LogP contribution in [-0.4, -0.2) is 92.9 Å². The van der Waals surface area contributed by atoms with Crippen LogP contribution in [0.1, 0.15) is 49.4 Å². The number of methoxy groups -OCH3 is 1. The third-order valence-electron chi connectivity index (χ3n) is 7.73. The number of carbonyl (C=O) groups is 2. The van der Waals surface area contributed by atoms with Crippen molar-refractivity contribution in [2.75, 3.05) is 58.7 Å². The van der Waals surface area contributed by atoms with Crippen LogP contribution >= 0.6 is 11.6 Å². The lowest BCUT2D eigenvalue weighted by Gasteiger charge is -2.43. The van der Waals surface area contributed by atoms with Gasteiger partial charge in [0, 0.05) is 44.7 Å². The molecule has 10 heteroatoms. The molecule has 5 rings (SSSR count). The molecule has 1 amide bonds. The Morgan fingerprint density at radius 2 is 2.03 bits per heavy atom. The van der Waals surface area contributed by atoms with Gasteiger partial charge in [-0.25, -0.2) is 0 Å². The van der Waals surface area contributed by atoms with Gasteiger partial charge in [0.15, 0.2) is 0 Å². The topological polar surface area (TPSA) is 106 Å². The van der Waals surface area contributed by atoms with Crippen LogP contribution in [0.5, 0.6) is 5.75 Å². The fourth-order valence-electron chi connectivity index (χ4n) is 5.48. The highest BCUT2D eigenvalue weighted by molar-refractivity contribution is 6.33. The van der Waals surface area contributed by atoms with E-state index < -0.39 is 0 Å². The van der Waals surface area contributed by atoms with Crippen LogP contribution in [0.15, 0.2) is 12.1 Å². The number of nitrogens with zero attached hydrogens (tertiary/aromatic N) is 2. The number of fused-ring (bicyclic) bond motifs is 3. The van der Waals surface area contributed by atoms with Gasteiger partial charge < -0.3 is 25.3 Å². The van der Waals surface area contributed by atoms with Gasteiger partial charge in [0.2, 0.25) is 0 Å². The van der Waals surface area contributed by atoms with Crippen molar-refractivity contribution in [3.63, 3.8) is 0 Å². The number of piperidine rings is 3. The summed E-state index contributed by atoms with van der Waals surface area (Å²) in [5.41, 5.74) is 6.50. The summed E-state index contributed by atoms with van der Waals surface area (Å²) in [4.78, 5) is 29.9. The molecule has 3 N–H and O–H groups in total. The number of halogens is 1. The molecule has 1 aromatic carbocycles. The van der Waals surface area contributed by atoms with Gasteiger partial charge in [-0.15, -0.1) is 0 Å². The molecule has 4 heterocycles. The molecule has 0 aromatic heterocycles. The van der Waals surface area contributed by atoms with E-state index in [-0.39, 0.29) is 24.1 Å². The molecular weight excluding hydrogens is 484 g/mol. The van der Waals surface area contributed by atoms with E-state index in [0.717, 1.165) is 51.9 Å². The number of nitrogen functional groups attached to an aromatic ring is 1. The maximum atomic E-state index is 12.7. The Hall–Kier alpha value is -2.07. The van der Waals surface area contributed by atoms with Gasteiger partial charge in [-0.3, -0.25) is 19.4 Å². The van der Waals surface area contributed by atoms with Crippen LogP contribution in [0.25, 0.3) is 0 Å². The molecular formula is C26H39ClN4O5. The highest BCUT2D eigenvalue weighted by Gasteiger charge is 2.36. The Morgan fingerprint density at radius 3 is 2.72 bits per heavy atom. The number of benzene rings is 1. The molecule has 3 atom stereocenters. The summed E-state index contributed by atoms with van der Waals surface area (Å²) >= 11 is 6.09. The molecule has 4 saturated heterocycles. The van der Waals surface area contributed by atoms with Gasteiger partial charge in [0.1, 0.15) is 11.9 Å². The van der Waals surface area contributed by atoms with Crippen molar-refractivity contribution < 1.29 is 23.8 Å². The van der Waals surface area contributed by atoms with Gasteiger partial charge in [-0.1, -0.05) is 11.6 Å². The van der Waals surface area contributed by atoms with E-state index in [1.54, 1.807) is 6.07 Å². The number of nitrogens with one attached hydrogen (secondary N) is 1. The van der Waals surface area contributed by atoms with Gasteiger partial charge in [0.25, 0.3) is 5.91 Å². The zero-order chi connectivity index (χ0) is 25.7. The third kappa shape index (κ3) is 6.82. The molecule has 0 radical (unpaired) electrons. The number of anilines is 1. The summed E-state index contributed by atoms with van der Waals surface area (Å²) < 4.78 is 17.0. The highest BCUT2D eigenvalue weighted by atomic mass is 35.5. The second-order valence-corrected chi connectivity index (χ2v) is 10.6. The first-order chi connectivity index (χ1) is 17.3. The van der Waals surface area contributed by atoms with Crippen molar-refractivity contribution in [1.29, 1.82) is 0 Å². The summed E-state index contributed by atoms with van der Waals surface area (Å²) in [5, 5.41) is 3.23. The average Bonchev–Trinajstić information content (AvgIpc) is 2.89. The third-order valence-corrected chi connectivity index (χ3v) is 8.06. The zero-order valence-electron chi connectivity index (χ0n) is 21.3. The first-order valence-corrected chi connectivity index (χ1v) is 13.4. The van der Waals surface area contributed by atoms with Crippen LogP contribution in [0, 0.1) is 5.92 Å². The van der Waals surface area contributed by atoms with Crippen molar-refractivity contribution in [2.24, 2.45) is 5.92 Å². The van der Waals surface area contributed by atoms with Crippen molar-refractivity contribution in [1.82, 2.24) is 15.1 Å². The predicted octanol–water partition coefficient (Wildman–Crippen LogP) is 2.56. The summed E-state index contributed by atoms with van der Waals surface area (Å²) in [6, 6.07) is 3.38. The van der Waals surface area contributed by atoms with Crippen molar-refractivity contribution in [3.8, 4) is 5.75 Å². The van der Waals surface area contributed by atoms with Gasteiger partial charge >= 0.3 is 5.97 Å². The standard InChI is InChI=1S/C26H39ClN4O5/c1-17(4-3-5-25(32)36-24-16-30-8-6-18(24)7-9-30)31-10-11-35-19(15-31)14-29-26(33)20-12-21(27)22(28)13-23(20)34-2/h12-13,17-19,24H,3-11,14-16,28H2,1-2H3,(H,29,33)/t17?,19-,24-/m0/s1. The smallest absolute Gasteiger partial charge is 0.306 e. The molecule has 4 aliphatic heterocycles. The number of esters is 1. The maximum absolute atomic E-state index is 12.7. The number of carbonyl (C=O) groups excluding carboxylic acids is 2. The number of hydrogen-bond donors (Lipinski definition) is 2. The Kier molecular flexibility index (Phi) is 9.33. The van der Waals surface area contributed by atoms with Crippen LogP contribution in [0.3, 0.4) is 0 Å². The van der Waals surface area contributed by atoms with E-state index >= 15 is 0 Å². The summed E-state index contributed by atoms with van der Waals surface area (Å²) in [6.07, 6.45) is 4.43. The molecule has 9 nitrogen and oxygen atoms in total. The number of nitrogens with two attached hydrogens (primary N) is 1. The summed E-state index contributed by atoms with van der Waals surface area (Å²) in [5.74, 6) is 0.564. The fraction of sp³-hybridized carbons (Fsp3) is 0.692. The molecule has 0 saturated carbocycles. The summed E-state index contributed by atoms with van der Waals surface area (Å²) in [7, 11) is 1.49. The van der Waals surface area contributed by atoms with E-state index in [1.807, 2.05) is 0 Å². The SMILES string of the molecule is COc1cc(N)c(Cl)cc1C(=O)NC[C@H]1CN(C(C)CCCC(=O)O[C@H]2CN3CCC2CC3)CCO1. The average molecular weight is 523 g/mol. The molecule has 4 aliphatic rings. The van der Waals surface area contributed by atoms with Crippen molar-refractivity contribution in [2.45, 2.75) is 57.3 Å². The van der Waals surface area contributed by atoms with Gasteiger partial charge in [0.05, 0.1) is 36.1 Å². The minimum atomic E-state index is -0.288. The molecule has 2 bridgehead atoms. The molecule has 0 aliphatic carbocycles. The van der Waals surface area contributed by atoms with Crippen molar-refractivity contribution >= 4 is 29.2 Å². The lowest BCUT2D eigenvalue weighted by atomic mass is 9.86. The van der Waals surface area contributed by atoms with Crippen molar-refractivity contribution in [3.05, 3.63) is 22.7 Å². The number of rotatable bonds is 10. The Morgan fingerprint density at radius 1 is 1.25 bits per heavy atom. The lowest BCUT2D eigenvalue weighted by molar-refractivity contribution is -0.159. The molecule has 1 unspecified atom stereocenters. The second kappa shape index (κ2) is 12.4. The maximum Gasteiger partial charge on any atom is 0.306 e. The first kappa shape index (κ1) is 27.0. The van der Waals surface area contributed by atoms with Crippen LogP contribution in [-0.2, 0) is 14.3 Å². The predicted molar refractivity (Wildman–Crippen MR) is 138 cm³/mol. The van der Waals surface area contributed by atoms with Crippen LogP contribution in [0.4, 0.5) is 5.69 Å². The highest BCUT2D eigenvalue weighted by Crippen LogP contribution is 2.30. The van der Waals surface area contributed by atoms with E-state index in [2.05, 4.69) is 22.0 Å². The Balaban J connectivity index is 1.17. The number of amides is 1. The van der Waals surface area contributed by atoms with E-state index in [4.69, 9.17) is 31.5 Å². The number of hydrogen-bond acceptors (Lipinski definition) is 8. The van der Waals surface area contributed by atoms with Crippen LogP contribution in [0.2, 0.25) is 5.02 Å². The molecule has 200 valence electrons.